The smallest absolute Gasteiger partial charge is 0.228 e. The van der Waals surface area contributed by atoms with E-state index in [2.05, 4.69) is 5.32 Å². The third kappa shape index (κ3) is 3.74. The van der Waals surface area contributed by atoms with E-state index in [1.54, 1.807) is 42.5 Å². The number of amides is 1. The van der Waals surface area contributed by atoms with Crippen LogP contribution in [0.4, 0.5) is 5.69 Å². The molecule has 0 radical (unpaired) electrons. The molecule has 0 aliphatic carbocycles. The minimum atomic E-state index is -0.182. The van der Waals surface area contributed by atoms with Gasteiger partial charge in [-0.15, -0.1) is 0 Å². The summed E-state index contributed by atoms with van der Waals surface area (Å²) in [5.41, 5.74) is 1.89. The fraction of sp³-hybridized carbons (Fsp3) is 0.0667. The second-order valence-corrected chi connectivity index (χ2v) is 4.99. The summed E-state index contributed by atoms with van der Waals surface area (Å²) in [5, 5.41) is 12.4. The van der Waals surface area contributed by atoms with Crippen molar-refractivity contribution in [1.29, 1.82) is 5.26 Å². The first-order chi connectivity index (χ1) is 9.58. The molecule has 100 valence electrons. The molecule has 0 saturated carbocycles. The van der Waals surface area contributed by atoms with Gasteiger partial charge in [0.05, 0.1) is 18.1 Å². The lowest BCUT2D eigenvalue weighted by molar-refractivity contribution is -0.115. The first-order valence-electron chi connectivity index (χ1n) is 5.82. The number of nitriles is 1. The zero-order valence-corrected chi connectivity index (χ0v) is 11.9. The molecule has 0 fully saturated rings. The molecule has 0 bridgehead atoms. The number of halogens is 2. The van der Waals surface area contributed by atoms with Crippen LogP contribution in [0.3, 0.4) is 0 Å². The molecule has 0 heterocycles. The van der Waals surface area contributed by atoms with E-state index in [9.17, 15) is 4.79 Å². The standard InChI is InChI=1S/C15H10Cl2N2O/c16-12-4-3-11(14(17)8-12)7-15(20)19-13-5-1-10(9-18)2-6-13/h1-6,8H,7H2,(H,19,20). The highest BCUT2D eigenvalue weighted by Gasteiger charge is 2.08. The summed E-state index contributed by atoms with van der Waals surface area (Å²) in [6, 6.07) is 13.7. The van der Waals surface area contributed by atoms with Crippen molar-refractivity contribution in [3.8, 4) is 6.07 Å². The molecule has 20 heavy (non-hydrogen) atoms. The molecule has 5 heteroatoms. The van der Waals surface area contributed by atoms with E-state index in [0.717, 1.165) is 0 Å². The van der Waals surface area contributed by atoms with Gasteiger partial charge in [0.1, 0.15) is 0 Å². The van der Waals surface area contributed by atoms with E-state index in [1.807, 2.05) is 6.07 Å². The number of hydrogen-bond acceptors (Lipinski definition) is 2. The van der Waals surface area contributed by atoms with Crippen molar-refractivity contribution in [2.75, 3.05) is 5.32 Å². The fourth-order valence-corrected chi connectivity index (χ4v) is 2.15. The van der Waals surface area contributed by atoms with Crippen molar-refractivity contribution in [3.63, 3.8) is 0 Å². The third-order valence-electron chi connectivity index (χ3n) is 2.66. The average Bonchev–Trinajstić information content (AvgIpc) is 2.43. The summed E-state index contributed by atoms with van der Waals surface area (Å²) >= 11 is 11.8. The van der Waals surface area contributed by atoms with Crippen LogP contribution in [0.5, 0.6) is 0 Å². The molecule has 2 aromatic carbocycles. The first-order valence-corrected chi connectivity index (χ1v) is 6.58. The zero-order chi connectivity index (χ0) is 14.5. The van der Waals surface area contributed by atoms with Crippen molar-refractivity contribution in [2.45, 2.75) is 6.42 Å². The Morgan fingerprint density at radius 1 is 1.15 bits per heavy atom. The third-order valence-corrected chi connectivity index (χ3v) is 3.25. The summed E-state index contributed by atoms with van der Waals surface area (Å²) in [5.74, 6) is -0.182. The van der Waals surface area contributed by atoms with Gasteiger partial charge in [-0.25, -0.2) is 0 Å². The largest absolute Gasteiger partial charge is 0.326 e. The lowest BCUT2D eigenvalue weighted by Gasteiger charge is -2.07. The molecule has 3 nitrogen and oxygen atoms in total. The van der Waals surface area contributed by atoms with E-state index >= 15 is 0 Å². The zero-order valence-electron chi connectivity index (χ0n) is 10.4. The second kappa shape index (κ2) is 6.42. The van der Waals surface area contributed by atoms with Crippen LogP contribution in [-0.2, 0) is 11.2 Å². The monoisotopic (exact) mass is 304 g/mol. The maximum Gasteiger partial charge on any atom is 0.228 e. The molecule has 0 unspecified atom stereocenters. The molecule has 0 atom stereocenters. The molecule has 1 amide bonds. The van der Waals surface area contributed by atoms with Crippen LogP contribution in [-0.4, -0.2) is 5.91 Å². The van der Waals surface area contributed by atoms with E-state index in [0.29, 0.717) is 26.9 Å². The minimum absolute atomic E-state index is 0.163. The van der Waals surface area contributed by atoms with Crippen LogP contribution in [0.1, 0.15) is 11.1 Å². The van der Waals surface area contributed by atoms with Crippen LogP contribution < -0.4 is 5.32 Å². The first kappa shape index (κ1) is 14.4. The van der Waals surface area contributed by atoms with Gasteiger partial charge in [0, 0.05) is 15.7 Å². The highest BCUT2D eigenvalue weighted by molar-refractivity contribution is 6.35. The van der Waals surface area contributed by atoms with Gasteiger partial charge in [-0.1, -0.05) is 29.3 Å². The van der Waals surface area contributed by atoms with Crippen molar-refractivity contribution >= 4 is 34.8 Å². The summed E-state index contributed by atoms with van der Waals surface area (Å²) < 4.78 is 0. The van der Waals surface area contributed by atoms with Gasteiger partial charge in [-0.05, 0) is 42.0 Å². The fourth-order valence-electron chi connectivity index (χ4n) is 1.67. The van der Waals surface area contributed by atoms with E-state index < -0.39 is 0 Å². The number of rotatable bonds is 3. The summed E-state index contributed by atoms with van der Waals surface area (Å²) in [4.78, 5) is 11.9. The summed E-state index contributed by atoms with van der Waals surface area (Å²) in [6.45, 7) is 0. The topological polar surface area (TPSA) is 52.9 Å². The Balaban J connectivity index is 2.03. The van der Waals surface area contributed by atoms with Gasteiger partial charge in [0.2, 0.25) is 5.91 Å². The number of carbonyl (C=O) groups is 1. The normalized spacial score (nSPS) is 9.85. The molecule has 0 aliphatic rings. The van der Waals surface area contributed by atoms with Crippen LogP contribution in [0, 0.1) is 11.3 Å². The predicted octanol–water partition coefficient (Wildman–Crippen LogP) is 4.05. The highest BCUT2D eigenvalue weighted by Crippen LogP contribution is 2.21. The molecule has 2 rings (SSSR count). The minimum Gasteiger partial charge on any atom is -0.326 e. The lowest BCUT2D eigenvalue weighted by Crippen LogP contribution is -2.14. The van der Waals surface area contributed by atoms with E-state index in [-0.39, 0.29) is 12.3 Å². The maximum absolute atomic E-state index is 11.9. The number of hydrogen-bond donors (Lipinski definition) is 1. The highest BCUT2D eigenvalue weighted by atomic mass is 35.5. The van der Waals surface area contributed by atoms with Gasteiger partial charge in [0.15, 0.2) is 0 Å². The number of nitrogens with one attached hydrogen (secondary N) is 1. The van der Waals surface area contributed by atoms with Crippen molar-refractivity contribution < 1.29 is 4.79 Å². The van der Waals surface area contributed by atoms with Crippen LogP contribution in [0.2, 0.25) is 10.0 Å². The number of carbonyl (C=O) groups excluding carboxylic acids is 1. The Kier molecular flexibility index (Phi) is 4.62. The van der Waals surface area contributed by atoms with Gasteiger partial charge < -0.3 is 5.32 Å². The molecular formula is C15H10Cl2N2O. The Morgan fingerprint density at radius 2 is 1.85 bits per heavy atom. The Labute approximate surface area is 126 Å². The van der Waals surface area contributed by atoms with Gasteiger partial charge in [0.25, 0.3) is 0 Å². The predicted molar refractivity (Wildman–Crippen MR) is 80.0 cm³/mol. The van der Waals surface area contributed by atoms with Crippen molar-refractivity contribution in [2.24, 2.45) is 0 Å². The molecular weight excluding hydrogens is 295 g/mol. The van der Waals surface area contributed by atoms with Gasteiger partial charge in [-0.2, -0.15) is 5.26 Å². The van der Waals surface area contributed by atoms with Crippen LogP contribution in [0.25, 0.3) is 0 Å². The van der Waals surface area contributed by atoms with Crippen molar-refractivity contribution in [3.05, 3.63) is 63.6 Å². The SMILES string of the molecule is N#Cc1ccc(NC(=O)Cc2ccc(Cl)cc2Cl)cc1. The van der Waals surface area contributed by atoms with Crippen LogP contribution >= 0.6 is 23.2 Å². The molecule has 0 saturated heterocycles. The molecule has 0 aromatic heterocycles. The molecule has 0 aliphatic heterocycles. The van der Waals surface area contributed by atoms with Crippen molar-refractivity contribution in [1.82, 2.24) is 0 Å². The Hall–Kier alpha value is -2.02. The average molecular weight is 305 g/mol. The maximum atomic E-state index is 11.9. The Morgan fingerprint density at radius 3 is 2.45 bits per heavy atom. The van der Waals surface area contributed by atoms with E-state index in [4.69, 9.17) is 28.5 Å². The lowest BCUT2D eigenvalue weighted by atomic mass is 10.1. The quantitative estimate of drug-likeness (QED) is 0.930. The number of anilines is 1. The Bertz CT molecular complexity index is 675. The molecule has 2 aromatic rings. The van der Waals surface area contributed by atoms with E-state index in [1.165, 1.54) is 0 Å². The van der Waals surface area contributed by atoms with Gasteiger partial charge in [-0.3, -0.25) is 4.79 Å². The second-order valence-electron chi connectivity index (χ2n) is 4.15. The molecule has 1 N–H and O–H groups in total. The number of benzene rings is 2. The number of nitrogens with zero attached hydrogens (tertiary/aromatic N) is 1. The summed E-state index contributed by atoms with van der Waals surface area (Å²) in [7, 11) is 0. The molecule has 0 spiro atoms. The van der Waals surface area contributed by atoms with Crippen LogP contribution in [0.15, 0.2) is 42.5 Å². The van der Waals surface area contributed by atoms with Gasteiger partial charge >= 0.3 is 0 Å². The summed E-state index contributed by atoms with van der Waals surface area (Å²) in [6.07, 6.45) is 0.163.